The van der Waals surface area contributed by atoms with Crippen molar-refractivity contribution in [1.82, 2.24) is 35.8 Å². The van der Waals surface area contributed by atoms with Gasteiger partial charge in [-0.1, -0.05) is 11.2 Å². The van der Waals surface area contributed by atoms with E-state index in [4.69, 9.17) is 4.63 Å². The molecular weight excluding hydrogens is 374 g/mol. The van der Waals surface area contributed by atoms with E-state index >= 15 is 0 Å². The topological polar surface area (TPSA) is 129 Å². The van der Waals surface area contributed by atoms with E-state index in [-0.39, 0.29) is 18.1 Å². The fourth-order valence-electron chi connectivity index (χ4n) is 3.22. The minimum Gasteiger partial charge on any atom is -0.357 e. The Balaban J connectivity index is 1.36. The minimum atomic E-state index is -0.306. The molecule has 10 heteroatoms. The van der Waals surface area contributed by atoms with Gasteiger partial charge in [0.25, 0.3) is 5.91 Å². The zero-order valence-corrected chi connectivity index (χ0v) is 16.1. The Hall–Kier alpha value is -3.27. The Morgan fingerprint density at radius 1 is 1.38 bits per heavy atom. The molecule has 1 aliphatic carbocycles. The van der Waals surface area contributed by atoms with Crippen LogP contribution in [0.5, 0.6) is 0 Å². The number of likely N-dealkylation sites (N-methyl/N-ethyl adjacent to an activating group) is 1. The van der Waals surface area contributed by atoms with Crippen LogP contribution in [0, 0.1) is 0 Å². The molecule has 1 fully saturated rings. The summed E-state index contributed by atoms with van der Waals surface area (Å²) in [5.41, 5.74) is 3.79. The third-order valence-corrected chi connectivity index (χ3v) is 4.88. The van der Waals surface area contributed by atoms with Crippen molar-refractivity contribution in [1.29, 1.82) is 0 Å². The number of hydrogen-bond acceptors (Lipinski definition) is 7. The van der Waals surface area contributed by atoms with E-state index in [1.54, 1.807) is 0 Å². The number of benzene rings is 1. The number of aromatic nitrogens is 4. The number of aromatic amines is 1. The molecule has 152 valence electrons. The van der Waals surface area contributed by atoms with Gasteiger partial charge in [0.15, 0.2) is 5.69 Å². The van der Waals surface area contributed by atoms with Gasteiger partial charge in [-0.25, -0.2) is 9.61 Å². The molecule has 0 bridgehead atoms. The first-order chi connectivity index (χ1) is 14.1. The molecule has 0 radical (unpaired) electrons. The van der Waals surface area contributed by atoms with Crippen LogP contribution in [0.1, 0.15) is 46.3 Å². The van der Waals surface area contributed by atoms with Crippen LogP contribution in [-0.4, -0.2) is 57.6 Å². The lowest BCUT2D eigenvalue weighted by molar-refractivity contribution is -0.109. The quantitative estimate of drug-likeness (QED) is 0.343. The van der Waals surface area contributed by atoms with Gasteiger partial charge >= 0.3 is 0 Å². The predicted molar refractivity (Wildman–Crippen MR) is 104 cm³/mol. The van der Waals surface area contributed by atoms with Crippen molar-refractivity contribution in [3.63, 3.8) is 0 Å². The summed E-state index contributed by atoms with van der Waals surface area (Å²) >= 11 is 0. The smallest absolute Gasteiger partial charge is 0.275 e. The summed E-state index contributed by atoms with van der Waals surface area (Å²) in [6.07, 6.45) is 2.74. The summed E-state index contributed by atoms with van der Waals surface area (Å²) in [6, 6.07) is 6.03. The van der Waals surface area contributed by atoms with Gasteiger partial charge in [0, 0.05) is 25.6 Å². The average molecular weight is 397 g/mol. The van der Waals surface area contributed by atoms with E-state index < -0.39 is 0 Å². The normalized spacial score (nSPS) is 13.7. The Morgan fingerprint density at radius 3 is 3.03 bits per heavy atom. The van der Waals surface area contributed by atoms with Gasteiger partial charge < -0.3 is 20.5 Å². The van der Waals surface area contributed by atoms with Crippen molar-refractivity contribution in [3.05, 3.63) is 41.0 Å². The molecule has 0 unspecified atom stereocenters. The van der Waals surface area contributed by atoms with Crippen LogP contribution in [0.15, 0.2) is 22.8 Å². The molecule has 1 aromatic carbocycles. The molecule has 2 amide bonds. The number of hydrogen-bond donors (Lipinski definition) is 3. The van der Waals surface area contributed by atoms with Gasteiger partial charge in [0.2, 0.25) is 6.41 Å². The number of H-pyrrole nitrogens is 1. The highest BCUT2D eigenvalue weighted by molar-refractivity contribution is 5.93. The van der Waals surface area contributed by atoms with Gasteiger partial charge in [0.1, 0.15) is 11.5 Å². The number of rotatable bonds is 10. The molecule has 3 aromatic rings. The molecule has 10 nitrogen and oxygen atoms in total. The summed E-state index contributed by atoms with van der Waals surface area (Å²) < 4.78 is 4.73. The molecule has 29 heavy (non-hydrogen) atoms. The summed E-state index contributed by atoms with van der Waals surface area (Å²) in [5, 5.41) is 13.1. The average Bonchev–Trinajstić information content (AvgIpc) is 3.28. The minimum absolute atomic E-state index is 0.261. The van der Waals surface area contributed by atoms with E-state index in [9.17, 15) is 9.59 Å². The lowest BCUT2D eigenvalue weighted by Gasteiger charge is -2.16. The lowest BCUT2D eigenvalue weighted by Crippen LogP contribution is -2.28. The van der Waals surface area contributed by atoms with Crippen molar-refractivity contribution in [2.24, 2.45) is 0 Å². The van der Waals surface area contributed by atoms with Crippen LogP contribution in [0.4, 0.5) is 0 Å². The number of carbonyl (C=O) groups is 2. The maximum Gasteiger partial charge on any atom is 0.275 e. The molecule has 2 heterocycles. The third kappa shape index (κ3) is 4.60. The van der Waals surface area contributed by atoms with Gasteiger partial charge in [-0.3, -0.25) is 9.59 Å². The highest BCUT2D eigenvalue weighted by Gasteiger charge is 2.33. The van der Waals surface area contributed by atoms with Crippen LogP contribution < -0.4 is 10.6 Å². The number of carbonyl (C=O) groups excluding carboxylic acids is 2. The van der Waals surface area contributed by atoms with Crippen LogP contribution >= 0.6 is 0 Å². The van der Waals surface area contributed by atoms with Gasteiger partial charge in [-0.15, -0.1) is 0 Å². The van der Waals surface area contributed by atoms with E-state index in [2.05, 4.69) is 35.8 Å². The Kier molecular flexibility index (Phi) is 5.52. The number of amides is 2. The standard InChI is InChI=1S/C19H23N7O3/c1-26(7-6-20-11-27)10-12-2-5-14-15(8-12)23-16(22-14)9-21-19(28)18-17(13-3-4-13)24-29-25-18/h2,5,8,11,13H,3-4,6-7,9-10H2,1H3,(H,20,27)(H,21,28)(H,22,23). The van der Waals surface area contributed by atoms with Crippen molar-refractivity contribution < 1.29 is 14.2 Å². The molecule has 4 rings (SSSR count). The van der Waals surface area contributed by atoms with Crippen molar-refractivity contribution in [2.45, 2.75) is 31.8 Å². The summed E-state index contributed by atoms with van der Waals surface area (Å²) in [5.74, 6) is 0.650. The molecule has 0 aliphatic heterocycles. The first-order valence-corrected chi connectivity index (χ1v) is 9.58. The largest absolute Gasteiger partial charge is 0.357 e. The van der Waals surface area contributed by atoms with E-state index in [1.807, 2.05) is 25.2 Å². The third-order valence-electron chi connectivity index (χ3n) is 4.88. The Bertz CT molecular complexity index is 1010. The molecule has 1 saturated carbocycles. The monoisotopic (exact) mass is 397 g/mol. The second-order valence-corrected chi connectivity index (χ2v) is 7.30. The zero-order chi connectivity index (χ0) is 20.2. The highest BCUT2D eigenvalue weighted by Crippen LogP contribution is 2.40. The van der Waals surface area contributed by atoms with E-state index in [0.29, 0.717) is 30.4 Å². The van der Waals surface area contributed by atoms with Crippen molar-refractivity contribution >= 4 is 23.4 Å². The number of nitrogens with one attached hydrogen (secondary N) is 3. The fraction of sp³-hybridized carbons (Fsp3) is 0.421. The molecule has 3 N–H and O–H groups in total. The number of fused-ring (bicyclic) bond motifs is 1. The van der Waals surface area contributed by atoms with Crippen molar-refractivity contribution in [3.8, 4) is 0 Å². The SMILES string of the molecule is CN(CCNC=O)Cc1ccc2nc(CNC(=O)c3nonc3C3CC3)[nH]c2c1. The fourth-order valence-corrected chi connectivity index (χ4v) is 3.22. The summed E-state index contributed by atoms with van der Waals surface area (Å²) in [7, 11) is 2.00. The summed E-state index contributed by atoms with van der Waals surface area (Å²) in [6.45, 7) is 2.39. The van der Waals surface area contributed by atoms with Crippen molar-refractivity contribution in [2.75, 3.05) is 20.1 Å². The van der Waals surface area contributed by atoms with E-state index in [0.717, 1.165) is 42.5 Å². The van der Waals surface area contributed by atoms with Crippen LogP contribution in [0.3, 0.4) is 0 Å². The Labute approximate surface area is 167 Å². The van der Waals surface area contributed by atoms with E-state index in [1.165, 1.54) is 0 Å². The maximum absolute atomic E-state index is 12.4. The van der Waals surface area contributed by atoms with Gasteiger partial charge in [-0.05, 0) is 42.7 Å². The molecule has 0 atom stereocenters. The molecule has 0 saturated heterocycles. The van der Waals surface area contributed by atoms with Crippen LogP contribution in [0.2, 0.25) is 0 Å². The number of nitrogens with zero attached hydrogens (tertiary/aromatic N) is 4. The molecule has 1 aliphatic rings. The molecule has 2 aromatic heterocycles. The highest BCUT2D eigenvalue weighted by atomic mass is 16.6. The van der Waals surface area contributed by atoms with Gasteiger partial charge in [0.05, 0.1) is 17.6 Å². The number of imidazole rings is 1. The first kappa shape index (κ1) is 19.1. The van der Waals surface area contributed by atoms with Gasteiger partial charge in [-0.2, -0.15) is 0 Å². The predicted octanol–water partition coefficient (Wildman–Crippen LogP) is 0.931. The molecular formula is C19H23N7O3. The lowest BCUT2D eigenvalue weighted by atomic mass is 10.2. The zero-order valence-electron chi connectivity index (χ0n) is 16.1. The maximum atomic E-state index is 12.4. The molecule has 0 spiro atoms. The second-order valence-electron chi connectivity index (χ2n) is 7.30. The second kappa shape index (κ2) is 8.39. The van der Waals surface area contributed by atoms with Crippen LogP contribution in [-0.2, 0) is 17.9 Å². The van der Waals surface area contributed by atoms with Crippen LogP contribution in [0.25, 0.3) is 11.0 Å². The summed E-state index contributed by atoms with van der Waals surface area (Å²) in [4.78, 5) is 32.6. The Morgan fingerprint density at radius 2 is 2.24 bits per heavy atom. The first-order valence-electron chi connectivity index (χ1n) is 9.58.